The molecule has 1 N–H and O–H groups in total. The predicted molar refractivity (Wildman–Crippen MR) is 104 cm³/mol. The molecule has 0 saturated heterocycles. The lowest BCUT2D eigenvalue weighted by Crippen LogP contribution is -2.21. The zero-order chi connectivity index (χ0) is 19.6. The van der Waals surface area contributed by atoms with Crippen LogP contribution in [0.1, 0.15) is 32.9 Å². The average molecular weight is 363 g/mol. The van der Waals surface area contributed by atoms with Crippen LogP contribution in [0.2, 0.25) is 0 Å². The van der Waals surface area contributed by atoms with Crippen LogP contribution in [0, 0.1) is 27.7 Å². The highest BCUT2D eigenvalue weighted by atomic mass is 16.5. The number of nitrogens with zero attached hydrogens (tertiary/aromatic N) is 2. The van der Waals surface area contributed by atoms with E-state index >= 15 is 0 Å². The molecule has 3 rings (SSSR count). The van der Waals surface area contributed by atoms with E-state index in [1.165, 1.54) is 0 Å². The Balaban J connectivity index is 1.65. The Kier molecular flexibility index (Phi) is 5.16. The third-order valence-corrected chi connectivity index (χ3v) is 4.30. The molecule has 138 valence electrons. The minimum atomic E-state index is -0.576. The van der Waals surface area contributed by atoms with Gasteiger partial charge in [-0.05, 0) is 57.5 Å². The number of rotatable bonds is 4. The van der Waals surface area contributed by atoms with Crippen LogP contribution in [-0.2, 0) is 9.53 Å². The number of hydrogen-bond acceptors (Lipinski definition) is 5. The minimum absolute atomic E-state index is 0.333. The van der Waals surface area contributed by atoms with E-state index < -0.39 is 5.97 Å². The molecule has 0 fully saturated rings. The maximum atomic E-state index is 12.3. The summed E-state index contributed by atoms with van der Waals surface area (Å²) in [7, 11) is 0. The van der Waals surface area contributed by atoms with Gasteiger partial charge in [0.15, 0.2) is 6.61 Å². The third kappa shape index (κ3) is 4.28. The molecule has 0 spiro atoms. The van der Waals surface area contributed by atoms with Gasteiger partial charge in [0.2, 0.25) is 0 Å². The smallest absolute Gasteiger partial charge is 0.338 e. The van der Waals surface area contributed by atoms with Gasteiger partial charge in [-0.25, -0.2) is 14.8 Å². The topological polar surface area (TPSA) is 81.2 Å². The summed E-state index contributed by atoms with van der Waals surface area (Å²) in [6.07, 6.45) is 0. The number of amides is 1. The number of anilines is 1. The van der Waals surface area contributed by atoms with Gasteiger partial charge in [0.05, 0.1) is 28.0 Å². The highest BCUT2D eigenvalue weighted by molar-refractivity contribution is 5.97. The van der Waals surface area contributed by atoms with Crippen LogP contribution >= 0.6 is 0 Å². The summed E-state index contributed by atoms with van der Waals surface area (Å²) in [4.78, 5) is 33.2. The van der Waals surface area contributed by atoms with Gasteiger partial charge in [-0.2, -0.15) is 0 Å². The average Bonchev–Trinajstić information content (AvgIpc) is 2.62. The Morgan fingerprint density at radius 2 is 1.63 bits per heavy atom. The molecule has 6 heteroatoms. The first-order valence-corrected chi connectivity index (χ1v) is 8.63. The second-order valence-electron chi connectivity index (χ2n) is 6.54. The summed E-state index contributed by atoms with van der Waals surface area (Å²) >= 11 is 0. The lowest BCUT2D eigenvalue weighted by molar-refractivity contribution is -0.119. The normalized spacial score (nSPS) is 10.7. The molecule has 2 aromatic carbocycles. The molecule has 27 heavy (non-hydrogen) atoms. The fourth-order valence-electron chi connectivity index (χ4n) is 2.71. The number of hydrogen-bond donors (Lipinski definition) is 1. The number of aromatic nitrogens is 2. The van der Waals surface area contributed by atoms with Crippen molar-refractivity contribution in [1.29, 1.82) is 0 Å². The molecule has 0 bridgehead atoms. The highest BCUT2D eigenvalue weighted by Crippen LogP contribution is 2.17. The van der Waals surface area contributed by atoms with Crippen LogP contribution in [0.5, 0.6) is 0 Å². The van der Waals surface area contributed by atoms with E-state index in [0.29, 0.717) is 22.3 Å². The van der Waals surface area contributed by atoms with E-state index in [1.54, 1.807) is 18.2 Å². The molecule has 6 nitrogen and oxygen atoms in total. The number of carbonyl (C=O) groups is 2. The number of nitrogens with one attached hydrogen (secondary N) is 1. The molecular weight excluding hydrogens is 342 g/mol. The Morgan fingerprint density at radius 3 is 2.33 bits per heavy atom. The molecule has 0 aliphatic heterocycles. The van der Waals surface area contributed by atoms with Crippen LogP contribution in [0.3, 0.4) is 0 Å². The summed E-state index contributed by atoms with van der Waals surface area (Å²) in [6, 6.07) is 10.7. The second-order valence-corrected chi connectivity index (χ2v) is 6.54. The second kappa shape index (κ2) is 7.53. The van der Waals surface area contributed by atoms with Crippen LogP contribution in [0.4, 0.5) is 5.69 Å². The Morgan fingerprint density at radius 1 is 0.926 bits per heavy atom. The largest absolute Gasteiger partial charge is 0.452 e. The van der Waals surface area contributed by atoms with Crippen LogP contribution in [0.25, 0.3) is 11.0 Å². The van der Waals surface area contributed by atoms with Crippen LogP contribution < -0.4 is 5.32 Å². The molecule has 0 aliphatic carbocycles. The maximum absolute atomic E-state index is 12.3. The van der Waals surface area contributed by atoms with Gasteiger partial charge in [0, 0.05) is 5.69 Å². The number of esters is 1. The van der Waals surface area contributed by atoms with Crippen molar-refractivity contribution in [3.8, 4) is 0 Å². The van der Waals surface area contributed by atoms with E-state index in [0.717, 1.165) is 22.5 Å². The van der Waals surface area contributed by atoms with Crippen molar-refractivity contribution >= 4 is 28.6 Å². The van der Waals surface area contributed by atoms with E-state index in [4.69, 9.17) is 4.74 Å². The van der Waals surface area contributed by atoms with Gasteiger partial charge in [0.1, 0.15) is 0 Å². The fraction of sp³-hybridized carbons (Fsp3) is 0.238. The van der Waals surface area contributed by atoms with Gasteiger partial charge >= 0.3 is 5.97 Å². The molecule has 0 saturated carbocycles. The number of aryl methyl sites for hydroxylation is 4. The summed E-state index contributed by atoms with van der Waals surface area (Å²) in [5.74, 6) is -0.963. The maximum Gasteiger partial charge on any atom is 0.338 e. The number of carbonyl (C=O) groups excluding carboxylic acids is 2. The van der Waals surface area contributed by atoms with Crippen LogP contribution in [0.15, 0.2) is 36.4 Å². The third-order valence-electron chi connectivity index (χ3n) is 4.30. The predicted octanol–water partition coefficient (Wildman–Crippen LogP) is 3.66. The van der Waals surface area contributed by atoms with Gasteiger partial charge in [-0.1, -0.05) is 17.7 Å². The highest BCUT2D eigenvalue weighted by Gasteiger charge is 2.13. The Hall–Kier alpha value is -3.28. The first-order chi connectivity index (χ1) is 12.8. The lowest BCUT2D eigenvalue weighted by atomic mass is 10.1. The zero-order valence-electron chi connectivity index (χ0n) is 15.8. The number of ether oxygens (including phenoxy) is 1. The summed E-state index contributed by atoms with van der Waals surface area (Å²) in [5.41, 5.74) is 6.08. The van der Waals surface area contributed by atoms with Crippen molar-refractivity contribution in [1.82, 2.24) is 9.97 Å². The molecule has 1 aromatic heterocycles. The zero-order valence-corrected chi connectivity index (χ0v) is 15.8. The number of benzene rings is 2. The first-order valence-electron chi connectivity index (χ1n) is 8.63. The van der Waals surface area contributed by atoms with Gasteiger partial charge in [-0.3, -0.25) is 4.79 Å². The lowest BCUT2D eigenvalue weighted by Gasteiger charge is -2.10. The van der Waals surface area contributed by atoms with Gasteiger partial charge in [-0.15, -0.1) is 0 Å². The molecule has 0 unspecified atom stereocenters. The van der Waals surface area contributed by atoms with Crippen molar-refractivity contribution < 1.29 is 14.3 Å². The first kappa shape index (κ1) is 18.5. The summed E-state index contributed by atoms with van der Waals surface area (Å²) in [5, 5.41) is 2.75. The standard InChI is InChI=1S/C21H21N3O3/c1-12-5-7-17(13(2)9-12)24-20(25)11-27-21(26)16-6-8-18-19(10-16)23-15(4)14(3)22-18/h5-10H,11H2,1-4H3,(H,24,25). The molecule has 1 amide bonds. The monoisotopic (exact) mass is 363 g/mol. The van der Waals surface area contributed by atoms with Crippen molar-refractivity contribution in [3.05, 3.63) is 64.5 Å². The minimum Gasteiger partial charge on any atom is -0.452 e. The van der Waals surface area contributed by atoms with Crippen molar-refractivity contribution in [3.63, 3.8) is 0 Å². The quantitative estimate of drug-likeness (QED) is 0.716. The Labute approximate surface area is 157 Å². The molecule has 0 atom stereocenters. The summed E-state index contributed by atoms with van der Waals surface area (Å²) in [6.45, 7) is 7.29. The number of fused-ring (bicyclic) bond motifs is 1. The van der Waals surface area contributed by atoms with Crippen molar-refractivity contribution in [2.75, 3.05) is 11.9 Å². The van der Waals surface area contributed by atoms with Crippen LogP contribution in [-0.4, -0.2) is 28.5 Å². The van der Waals surface area contributed by atoms with E-state index in [9.17, 15) is 9.59 Å². The van der Waals surface area contributed by atoms with Gasteiger partial charge < -0.3 is 10.1 Å². The molecular formula is C21H21N3O3. The van der Waals surface area contributed by atoms with E-state index in [-0.39, 0.29) is 12.5 Å². The molecule has 3 aromatic rings. The van der Waals surface area contributed by atoms with Crippen molar-refractivity contribution in [2.45, 2.75) is 27.7 Å². The SMILES string of the molecule is Cc1ccc(NC(=O)COC(=O)c2ccc3nc(C)c(C)nc3c2)c(C)c1. The Bertz CT molecular complexity index is 1040. The van der Waals surface area contributed by atoms with E-state index in [1.807, 2.05) is 45.9 Å². The van der Waals surface area contributed by atoms with Gasteiger partial charge in [0.25, 0.3) is 5.91 Å². The molecule has 1 heterocycles. The summed E-state index contributed by atoms with van der Waals surface area (Å²) < 4.78 is 5.13. The fourth-order valence-corrected chi connectivity index (χ4v) is 2.71. The van der Waals surface area contributed by atoms with E-state index in [2.05, 4.69) is 15.3 Å². The van der Waals surface area contributed by atoms with Crippen molar-refractivity contribution in [2.24, 2.45) is 0 Å². The molecule has 0 radical (unpaired) electrons. The molecule has 0 aliphatic rings.